The van der Waals surface area contributed by atoms with Gasteiger partial charge in [-0.2, -0.15) is 0 Å². The van der Waals surface area contributed by atoms with Gasteiger partial charge in [0.05, 0.1) is 5.69 Å². The molecule has 76 heavy (non-hydrogen) atoms. The number of hydrogen-bond acceptors (Lipinski definition) is 5. The minimum absolute atomic E-state index is 0.0998. The zero-order valence-corrected chi connectivity index (χ0v) is 42.9. The van der Waals surface area contributed by atoms with Gasteiger partial charge in [-0.05, 0) is 117 Å². The van der Waals surface area contributed by atoms with Crippen molar-refractivity contribution in [3.63, 3.8) is 0 Å². The predicted octanol–water partition coefficient (Wildman–Crippen LogP) is 17.6. The van der Waals surface area contributed by atoms with Gasteiger partial charge in [-0.3, -0.25) is 0 Å². The Morgan fingerprint density at radius 3 is 1.87 bits per heavy atom. The molecule has 0 saturated heterocycles. The lowest BCUT2D eigenvalue weighted by molar-refractivity contribution is 0.360. The summed E-state index contributed by atoms with van der Waals surface area (Å²) in [5, 5.41) is 3.36. The normalized spacial score (nSPS) is 14.1. The van der Waals surface area contributed by atoms with Gasteiger partial charge >= 0.3 is 6.85 Å². The molecule has 2 aromatic heterocycles. The topological polar surface area (TPSA) is 43.0 Å². The highest BCUT2D eigenvalue weighted by Crippen LogP contribution is 2.59. The van der Waals surface area contributed by atoms with Crippen LogP contribution in [0.4, 0.5) is 34.1 Å². The maximum absolute atomic E-state index is 7.33. The van der Waals surface area contributed by atoms with Crippen LogP contribution in [0, 0.1) is 0 Å². The molecule has 0 atom stereocenters. The maximum Gasteiger partial charge on any atom is 0.333 e. The number of nitrogens with zero attached hydrogens (tertiary/aromatic N) is 3. The minimum Gasteiger partial charge on any atom is -0.455 e. The summed E-state index contributed by atoms with van der Waals surface area (Å²) in [6.07, 6.45) is 0. The number of benzene rings is 10. The van der Waals surface area contributed by atoms with Crippen molar-refractivity contribution in [2.24, 2.45) is 0 Å². The first-order valence-corrected chi connectivity index (χ1v) is 26.4. The summed E-state index contributed by atoms with van der Waals surface area (Å²) in [6, 6.07) is 77.0. The lowest BCUT2D eigenvalue weighted by Crippen LogP contribution is -2.57. The zero-order chi connectivity index (χ0) is 50.8. The maximum atomic E-state index is 7.33. The smallest absolute Gasteiger partial charge is 0.333 e. The van der Waals surface area contributed by atoms with Crippen LogP contribution in [-0.2, 0) is 10.8 Å². The molecule has 4 aliphatic rings. The SMILES string of the molecule is CC(C)(C)c1ccc(N2c3cc4c(cc3B3c5c2cc2c(oc6ccccc62)c5-c2cc(N(c5ccccc5)c5ccccc5)cc5c6c(n3c25)-c2ccccc2C6(C)C)Oc2ccccc2O4)c(-c2ccccc2)c1. The van der Waals surface area contributed by atoms with Crippen molar-refractivity contribution in [3.05, 3.63) is 229 Å². The number of ether oxygens (including phenoxy) is 2. The number of hydrogen-bond donors (Lipinski definition) is 0. The standard InChI is InChI=1S/C69H50BN3O3/c1-68(2,3)42-33-34-54(48(35-42)41-21-9-6-10-22-41)72-55-40-61-60(74-58-31-19-20-32-59(58)75-61)39-53(55)70-64-56(72)38-49-46-27-16-18-30-57(46)76-67(49)62(64)50-36-45(71(43-23-11-7-12-24-43)44-25-13-8-14-26-44)37-51-63-66(73(70)65(50)51)47-28-15-17-29-52(47)69(63,4)5/h6-40H,1-5H3. The van der Waals surface area contributed by atoms with Gasteiger partial charge < -0.3 is 28.2 Å². The third-order valence-corrected chi connectivity index (χ3v) is 16.7. The first-order valence-electron chi connectivity index (χ1n) is 26.4. The monoisotopic (exact) mass is 979 g/mol. The average molecular weight is 980 g/mol. The van der Waals surface area contributed by atoms with Crippen LogP contribution in [0.25, 0.3) is 66.4 Å². The number of fused-ring (bicyclic) bond motifs is 15. The van der Waals surface area contributed by atoms with Gasteiger partial charge in [0, 0.05) is 89.5 Å². The summed E-state index contributed by atoms with van der Waals surface area (Å²) in [6.45, 7) is 11.4. The molecule has 16 rings (SSSR count). The number of para-hydroxylation sites is 5. The number of furan rings is 1. The molecule has 0 bridgehead atoms. The summed E-state index contributed by atoms with van der Waals surface area (Å²) in [5.41, 5.74) is 22.1. The molecule has 3 aliphatic heterocycles. The second-order valence-electron chi connectivity index (χ2n) is 22.4. The van der Waals surface area contributed by atoms with E-state index in [1.165, 1.54) is 44.3 Å². The highest BCUT2D eigenvalue weighted by Gasteiger charge is 2.50. The van der Waals surface area contributed by atoms with E-state index < -0.39 is 0 Å². The van der Waals surface area contributed by atoms with Crippen LogP contribution in [0.3, 0.4) is 0 Å². The first-order chi connectivity index (χ1) is 37.1. The second kappa shape index (κ2) is 15.4. The summed E-state index contributed by atoms with van der Waals surface area (Å²) in [5.74, 6) is 2.74. The summed E-state index contributed by atoms with van der Waals surface area (Å²) < 4.78 is 23.9. The molecule has 0 unspecified atom stereocenters. The Balaban J connectivity index is 1.10. The molecular weight excluding hydrogens is 930 g/mol. The number of anilines is 6. The van der Waals surface area contributed by atoms with E-state index in [9.17, 15) is 0 Å². The molecule has 362 valence electrons. The van der Waals surface area contributed by atoms with E-state index in [0.29, 0.717) is 23.0 Å². The fourth-order valence-electron chi connectivity index (χ4n) is 13.3. The molecule has 10 aromatic carbocycles. The Bertz CT molecular complexity index is 4400. The van der Waals surface area contributed by atoms with Gasteiger partial charge in [0.15, 0.2) is 23.0 Å². The van der Waals surface area contributed by atoms with Gasteiger partial charge in [0.25, 0.3) is 0 Å². The Morgan fingerprint density at radius 2 is 1.14 bits per heavy atom. The Kier molecular flexibility index (Phi) is 8.78. The molecule has 7 heteroatoms. The van der Waals surface area contributed by atoms with E-state index in [4.69, 9.17) is 13.9 Å². The van der Waals surface area contributed by atoms with E-state index in [1.807, 2.05) is 24.3 Å². The molecule has 0 radical (unpaired) electrons. The van der Waals surface area contributed by atoms with Crippen LogP contribution < -0.4 is 30.2 Å². The molecule has 6 nitrogen and oxygen atoms in total. The lowest BCUT2D eigenvalue weighted by Gasteiger charge is -2.42. The summed E-state index contributed by atoms with van der Waals surface area (Å²) in [7, 11) is 0. The van der Waals surface area contributed by atoms with E-state index in [1.54, 1.807) is 0 Å². The van der Waals surface area contributed by atoms with Crippen molar-refractivity contribution in [1.82, 2.24) is 4.48 Å². The largest absolute Gasteiger partial charge is 0.455 e. The molecule has 0 spiro atoms. The quantitative estimate of drug-likeness (QED) is 0.161. The van der Waals surface area contributed by atoms with Crippen LogP contribution >= 0.6 is 0 Å². The van der Waals surface area contributed by atoms with Crippen LogP contribution in [0.1, 0.15) is 51.3 Å². The summed E-state index contributed by atoms with van der Waals surface area (Å²) >= 11 is 0. The molecule has 0 amide bonds. The van der Waals surface area contributed by atoms with Crippen LogP contribution in [-0.4, -0.2) is 11.3 Å². The third kappa shape index (κ3) is 5.94. The molecule has 5 heterocycles. The second-order valence-corrected chi connectivity index (χ2v) is 22.4. The van der Waals surface area contributed by atoms with E-state index in [-0.39, 0.29) is 17.7 Å². The molecule has 0 saturated carbocycles. The molecule has 0 N–H and O–H groups in total. The van der Waals surface area contributed by atoms with Crippen molar-refractivity contribution in [1.29, 1.82) is 0 Å². The number of rotatable bonds is 5. The van der Waals surface area contributed by atoms with Gasteiger partial charge in [-0.25, -0.2) is 0 Å². The fourth-order valence-corrected chi connectivity index (χ4v) is 13.3. The first kappa shape index (κ1) is 43.2. The van der Waals surface area contributed by atoms with Crippen molar-refractivity contribution in [2.45, 2.75) is 45.4 Å². The van der Waals surface area contributed by atoms with Crippen LogP contribution in [0.2, 0.25) is 0 Å². The molecule has 0 fully saturated rings. The lowest BCUT2D eigenvalue weighted by atomic mass is 9.44. The van der Waals surface area contributed by atoms with Gasteiger partial charge in [0.2, 0.25) is 0 Å². The van der Waals surface area contributed by atoms with E-state index in [0.717, 1.165) is 83.8 Å². The van der Waals surface area contributed by atoms with Crippen LogP contribution in [0.15, 0.2) is 217 Å². The van der Waals surface area contributed by atoms with Crippen molar-refractivity contribution in [3.8, 4) is 56.5 Å². The highest BCUT2D eigenvalue weighted by molar-refractivity contribution is 6.90. The Hall–Kier alpha value is -9.20. The fraction of sp³-hybridized carbons (Fsp3) is 0.101. The van der Waals surface area contributed by atoms with Gasteiger partial charge in [-0.1, -0.05) is 162 Å². The number of aromatic nitrogens is 1. The summed E-state index contributed by atoms with van der Waals surface area (Å²) in [4.78, 5) is 4.94. The highest BCUT2D eigenvalue weighted by atomic mass is 16.6. The average Bonchev–Trinajstić information content (AvgIpc) is 4.10. The van der Waals surface area contributed by atoms with Crippen LogP contribution in [0.5, 0.6) is 23.0 Å². The van der Waals surface area contributed by atoms with E-state index >= 15 is 0 Å². The predicted molar refractivity (Wildman–Crippen MR) is 313 cm³/mol. The van der Waals surface area contributed by atoms with Gasteiger partial charge in [0.1, 0.15) is 11.2 Å². The van der Waals surface area contributed by atoms with Crippen molar-refractivity contribution >= 4 is 84.7 Å². The van der Waals surface area contributed by atoms with Gasteiger partial charge in [-0.15, -0.1) is 0 Å². The third-order valence-electron chi connectivity index (χ3n) is 16.7. The molecule has 1 aliphatic carbocycles. The van der Waals surface area contributed by atoms with E-state index in [2.05, 4.69) is 237 Å². The molecular formula is C69H50BN3O3. The van der Waals surface area contributed by atoms with Crippen molar-refractivity contribution in [2.75, 3.05) is 9.80 Å². The van der Waals surface area contributed by atoms with Crippen molar-refractivity contribution < 1.29 is 13.9 Å². The molecule has 12 aromatic rings. The minimum atomic E-state index is -0.344. The Morgan fingerprint density at radius 1 is 0.500 bits per heavy atom. The Labute approximate surface area is 441 Å². The zero-order valence-electron chi connectivity index (χ0n) is 42.9.